The fourth-order valence-corrected chi connectivity index (χ4v) is 10.0. The summed E-state index contributed by atoms with van der Waals surface area (Å²) in [7, 11) is 0. The first-order valence-corrected chi connectivity index (χ1v) is 18.5. The van der Waals surface area contributed by atoms with E-state index in [4.69, 9.17) is 4.98 Å². The van der Waals surface area contributed by atoms with Crippen molar-refractivity contribution in [3.05, 3.63) is 47.6 Å². The Hall–Kier alpha value is -3.12. The van der Waals surface area contributed by atoms with Crippen LogP contribution in [0.4, 0.5) is 17.3 Å². The summed E-state index contributed by atoms with van der Waals surface area (Å²) < 4.78 is 0. The molecule has 8 nitrogen and oxygen atoms in total. The van der Waals surface area contributed by atoms with Crippen molar-refractivity contribution in [2.24, 2.45) is 28.6 Å². The highest BCUT2D eigenvalue weighted by Crippen LogP contribution is 2.66. The molecule has 4 aliphatic carbocycles. The number of anilines is 3. The zero-order chi connectivity index (χ0) is 34.4. The third-order valence-corrected chi connectivity index (χ3v) is 12.8. The van der Waals surface area contributed by atoms with Crippen LogP contribution in [0.15, 0.2) is 47.6 Å². The number of piperazine rings is 1. The first-order valence-electron chi connectivity index (χ1n) is 18.5. The average Bonchev–Trinajstić information content (AvgIpc) is 3.33. The summed E-state index contributed by atoms with van der Waals surface area (Å²) >= 11 is 0. The topological polar surface area (TPSA) is 83.4 Å². The molecule has 7 atom stereocenters. The number of carbonyl (C=O) groups excluding carboxylic acids is 1. The molecule has 2 saturated carbocycles. The molecule has 5 aliphatic rings. The molecule has 260 valence electrons. The highest BCUT2D eigenvalue weighted by Gasteiger charge is 2.65. The number of pyridine rings is 1. The summed E-state index contributed by atoms with van der Waals surface area (Å²) in [5.41, 5.74) is 1.32. The molecule has 6 rings (SSSR count). The number of nitrogens with zero attached hydrogens (tertiary/aromatic N) is 5. The number of hydrogen-bond acceptors (Lipinski definition) is 8. The maximum absolute atomic E-state index is 12.3. The second kappa shape index (κ2) is 13.3. The van der Waals surface area contributed by atoms with Crippen molar-refractivity contribution in [1.29, 1.82) is 0 Å². The van der Waals surface area contributed by atoms with E-state index in [0.29, 0.717) is 19.4 Å². The number of rotatable bonds is 8. The Morgan fingerprint density at radius 1 is 1.02 bits per heavy atom. The summed E-state index contributed by atoms with van der Waals surface area (Å²) in [6, 6.07) is 4.42. The van der Waals surface area contributed by atoms with Crippen molar-refractivity contribution >= 4 is 23.1 Å². The van der Waals surface area contributed by atoms with Crippen molar-refractivity contribution in [2.75, 3.05) is 73.6 Å². The van der Waals surface area contributed by atoms with Crippen LogP contribution in [-0.2, 0) is 4.79 Å². The van der Waals surface area contributed by atoms with E-state index in [-0.39, 0.29) is 29.0 Å². The zero-order valence-corrected chi connectivity index (χ0v) is 30.3. The van der Waals surface area contributed by atoms with Gasteiger partial charge >= 0.3 is 0 Å². The number of aliphatic hydroxyl groups is 2. The molecule has 0 bridgehead atoms. The van der Waals surface area contributed by atoms with Crippen molar-refractivity contribution in [3.8, 4) is 11.8 Å². The van der Waals surface area contributed by atoms with Crippen LogP contribution in [0.2, 0.25) is 0 Å². The molecule has 0 spiro atoms. The minimum atomic E-state index is -1.14. The molecule has 0 unspecified atom stereocenters. The van der Waals surface area contributed by atoms with Crippen LogP contribution in [0.25, 0.3) is 0 Å². The molecule has 2 heterocycles. The Kier molecular flexibility index (Phi) is 9.63. The van der Waals surface area contributed by atoms with Gasteiger partial charge in [-0.2, -0.15) is 0 Å². The van der Waals surface area contributed by atoms with E-state index in [1.54, 1.807) is 12.2 Å². The number of allylic oxidation sites excluding steroid dienone is 6. The maximum atomic E-state index is 12.3. The minimum Gasteiger partial charge on any atom is -0.393 e. The van der Waals surface area contributed by atoms with Crippen molar-refractivity contribution in [3.63, 3.8) is 0 Å². The molecular weight excluding hydrogens is 598 g/mol. The van der Waals surface area contributed by atoms with Gasteiger partial charge in [-0.25, -0.2) is 4.98 Å². The third-order valence-electron chi connectivity index (χ3n) is 12.8. The van der Waals surface area contributed by atoms with Gasteiger partial charge in [0.05, 0.1) is 18.3 Å². The highest BCUT2D eigenvalue weighted by molar-refractivity contribution is 6.02. The van der Waals surface area contributed by atoms with Crippen LogP contribution in [0.5, 0.6) is 0 Å². The first kappa shape index (κ1) is 34.7. The summed E-state index contributed by atoms with van der Waals surface area (Å²) in [4.78, 5) is 27.0. The van der Waals surface area contributed by atoms with E-state index in [1.807, 2.05) is 6.08 Å². The molecule has 2 N–H and O–H groups in total. The van der Waals surface area contributed by atoms with Gasteiger partial charge in [-0.05, 0) is 95.6 Å². The van der Waals surface area contributed by atoms with E-state index < -0.39 is 17.1 Å². The maximum Gasteiger partial charge on any atom is 0.178 e. The van der Waals surface area contributed by atoms with Gasteiger partial charge < -0.3 is 24.9 Å². The largest absolute Gasteiger partial charge is 0.393 e. The lowest BCUT2D eigenvalue weighted by Crippen LogP contribution is -2.58. The van der Waals surface area contributed by atoms with Crippen molar-refractivity contribution in [1.82, 2.24) is 9.88 Å². The van der Waals surface area contributed by atoms with E-state index in [9.17, 15) is 15.0 Å². The smallest absolute Gasteiger partial charge is 0.178 e. The fraction of sp³-hybridized carbons (Fsp3) is 0.650. The molecule has 0 radical (unpaired) electrons. The second-order valence-electron chi connectivity index (χ2n) is 15.1. The lowest BCUT2D eigenvalue weighted by atomic mass is 9.47. The molecule has 1 aromatic rings. The lowest BCUT2D eigenvalue weighted by Gasteiger charge is -2.58. The molecule has 8 heteroatoms. The number of hydrogen-bond donors (Lipinski definition) is 2. The van der Waals surface area contributed by atoms with Gasteiger partial charge in [-0.1, -0.05) is 43.4 Å². The Labute approximate surface area is 288 Å². The molecule has 1 saturated heterocycles. The number of fused-ring (bicyclic) bond motifs is 5. The predicted molar refractivity (Wildman–Crippen MR) is 195 cm³/mol. The van der Waals surface area contributed by atoms with Gasteiger partial charge in [0.2, 0.25) is 0 Å². The Morgan fingerprint density at radius 3 is 2.38 bits per heavy atom. The monoisotopic (exact) mass is 655 g/mol. The van der Waals surface area contributed by atoms with E-state index in [2.05, 4.69) is 98.1 Å². The second-order valence-corrected chi connectivity index (χ2v) is 15.1. The summed E-state index contributed by atoms with van der Waals surface area (Å²) in [6.07, 6.45) is 9.14. The van der Waals surface area contributed by atoms with Gasteiger partial charge in [0, 0.05) is 69.1 Å². The molecular formula is C40H57N5O3. The van der Waals surface area contributed by atoms with Crippen LogP contribution >= 0.6 is 0 Å². The van der Waals surface area contributed by atoms with E-state index >= 15 is 0 Å². The normalized spacial score (nSPS) is 34.4. The standard InChI is InChI=1S/C40H57N5O3/c1-8-43(9-2)33-13-14-35(41-37(33)44(10-3)11-4)45-23-21-42(22-24-45)20-12-17-40(48)19-16-31-30-25-28(5)32-26-29(46)15-18-38(32,6)36(30)34(47)27-39(31,40)7/h13-15,18,25-26,30-31,34,36,47-48H,8-11,16,19-24,27H2,1-7H3/t30-,31-,34-,36+,38-,39-,40-/m0/s1. The molecule has 3 fully saturated rings. The molecule has 48 heavy (non-hydrogen) atoms. The van der Waals surface area contributed by atoms with E-state index in [1.165, 1.54) is 5.69 Å². The van der Waals surface area contributed by atoms with Gasteiger partial charge in [0.15, 0.2) is 11.6 Å². The SMILES string of the molecule is CCN(CC)c1ccc(N2CCN(CC#C[C@]3(O)CC[C@H]4[C@@H]5C=C(C)C6=CC(=O)C=C[C@]6(C)[C@H]5[C@@H](O)C[C@@]43C)CC2)nc1N(CC)CC. The minimum absolute atomic E-state index is 0.0152. The third kappa shape index (κ3) is 5.70. The van der Waals surface area contributed by atoms with Crippen LogP contribution in [0.3, 0.4) is 0 Å². The molecule has 0 aromatic carbocycles. The Bertz CT molecular complexity index is 1540. The predicted octanol–water partition coefficient (Wildman–Crippen LogP) is 5.08. The molecule has 0 amide bonds. The lowest BCUT2D eigenvalue weighted by molar-refractivity contribution is -0.129. The average molecular weight is 656 g/mol. The summed E-state index contributed by atoms with van der Waals surface area (Å²) in [5, 5.41) is 23.9. The molecule has 1 aromatic heterocycles. The Morgan fingerprint density at radius 2 is 1.71 bits per heavy atom. The molecule has 1 aliphatic heterocycles. The number of aliphatic hydroxyl groups excluding tert-OH is 1. The Balaban J connectivity index is 1.13. The van der Waals surface area contributed by atoms with Crippen LogP contribution in [0, 0.1) is 40.4 Å². The summed E-state index contributed by atoms with van der Waals surface area (Å²) in [6.45, 7) is 23.1. The van der Waals surface area contributed by atoms with Crippen molar-refractivity contribution < 1.29 is 15.0 Å². The highest BCUT2D eigenvalue weighted by atomic mass is 16.3. The fourth-order valence-electron chi connectivity index (χ4n) is 10.0. The number of aromatic nitrogens is 1. The van der Waals surface area contributed by atoms with Crippen LogP contribution in [0.1, 0.15) is 67.7 Å². The quantitative estimate of drug-likeness (QED) is 0.376. The van der Waals surface area contributed by atoms with Gasteiger partial charge in [0.1, 0.15) is 11.4 Å². The van der Waals surface area contributed by atoms with Crippen LogP contribution in [-0.4, -0.2) is 96.5 Å². The van der Waals surface area contributed by atoms with Gasteiger partial charge in [-0.15, -0.1) is 0 Å². The zero-order valence-electron chi connectivity index (χ0n) is 30.3. The van der Waals surface area contributed by atoms with Gasteiger partial charge in [-0.3, -0.25) is 9.69 Å². The number of carbonyl (C=O) groups is 1. The number of ketones is 1. The summed E-state index contributed by atoms with van der Waals surface area (Å²) in [5.74, 6) is 9.21. The van der Waals surface area contributed by atoms with Crippen LogP contribution < -0.4 is 14.7 Å². The van der Waals surface area contributed by atoms with E-state index in [0.717, 1.165) is 81.6 Å². The van der Waals surface area contributed by atoms with Crippen molar-refractivity contribution in [2.45, 2.75) is 79.4 Å². The van der Waals surface area contributed by atoms with Gasteiger partial charge in [0.25, 0.3) is 0 Å². The first-order chi connectivity index (χ1) is 22.9.